The third-order valence-electron chi connectivity index (χ3n) is 5.66. The highest BCUT2D eigenvalue weighted by atomic mass is 14.9. The van der Waals surface area contributed by atoms with Gasteiger partial charge in [0.1, 0.15) is 0 Å². The normalized spacial score (nSPS) is 22.0. The van der Waals surface area contributed by atoms with Crippen molar-refractivity contribution in [2.45, 2.75) is 76.7 Å². The molecule has 2 fully saturated rings. The third-order valence-corrected chi connectivity index (χ3v) is 5.66. The summed E-state index contributed by atoms with van der Waals surface area (Å²) in [6, 6.07) is 10.2. The Balaban J connectivity index is 1.65. The van der Waals surface area contributed by atoms with E-state index in [-0.39, 0.29) is 0 Å². The fraction of sp³-hybridized carbons (Fsp3) is 0.700. The standard InChI is InChI=1S/C20H31N/c1-2-21-20(15-16-7-6-8-16)19-13-11-18(12-14-19)17-9-4-3-5-10-17/h11-14,16-17,20-21H,2-10,15H2,1H3. The molecule has 0 amide bonds. The Morgan fingerprint density at radius 1 is 0.952 bits per heavy atom. The molecule has 21 heavy (non-hydrogen) atoms. The highest BCUT2D eigenvalue weighted by molar-refractivity contribution is 5.28. The third kappa shape index (κ3) is 3.88. The van der Waals surface area contributed by atoms with Gasteiger partial charge in [-0.1, -0.05) is 69.7 Å². The molecule has 2 aliphatic carbocycles. The van der Waals surface area contributed by atoms with Crippen LogP contribution < -0.4 is 5.32 Å². The first-order valence-electron chi connectivity index (χ1n) is 9.20. The molecule has 0 spiro atoms. The molecule has 1 aromatic carbocycles. The van der Waals surface area contributed by atoms with E-state index in [2.05, 4.69) is 36.5 Å². The minimum atomic E-state index is 0.570. The molecule has 3 rings (SSSR count). The van der Waals surface area contributed by atoms with Crippen LogP contribution in [0.3, 0.4) is 0 Å². The number of hydrogen-bond acceptors (Lipinski definition) is 1. The summed E-state index contributed by atoms with van der Waals surface area (Å²) in [5, 5.41) is 3.70. The van der Waals surface area contributed by atoms with Crippen molar-refractivity contribution in [3.63, 3.8) is 0 Å². The lowest BCUT2D eigenvalue weighted by Gasteiger charge is -2.30. The van der Waals surface area contributed by atoms with Crippen LogP contribution in [0.1, 0.15) is 87.8 Å². The number of benzene rings is 1. The van der Waals surface area contributed by atoms with Gasteiger partial charge in [-0.25, -0.2) is 0 Å². The predicted molar refractivity (Wildman–Crippen MR) is 90.6 cm³/mol. The topological polar surface area (TPSA) is 12.0 Å². The second-order valence-corrected chi connectivity index (χ2v) is 7.14. The molecule has 0 saturated heterocycles. The Bertz CT molecular complexity index is 412. The van der Waals surface area contributed by atoms with Crippen molar-refractivity contribution in [3.8, 4) is 0 Å². The van der Waals surface area contributed by atoms with Crippen LogP contribution in [0.15, 0.2) is 24.3 Å². The van der Waals surface area contributed by atoms with Crippen molar-refractivity contribution < 1.29 is 0 Å². The van der Waals surface area contributed by atoms with Gasteiger partial charge in [0.05, 0.1) is 0 Å². The summed E-state index contributed by atoms with van der Waals surface area (Å²) in [6.45, 7) is 3.30. The van der Waals surface area contributed by atoms with Crippen LogP contribution in [0.4, 0.5) is 0 Å². The van der Waals surface area contributed by atoms with Crippen LogP contribution in [-0.2, 0) is 0 Å². The van der Waals surface area contributed by atoms with E-state index in [4.69, 9.17) is 0 Å². The summed E-state index contributed by atoms with van der Waals surface area (Å²) in [5.41, 5.74) is 3.08. The molecule has 1 heteroatoms. The van der Waals surface area contributed by atoms with E-state index in [0.29, 0.717) is 6.04 Å². The highest BCUT2D eigenvalue weighted by Crippen LogP contribution is 2.36. The van der Waals surface area contributed by atoms with Crippen molar-refractivity contribution in [1.82, 2.24) is 5.32 Å². The smallest absolute Gasteiger partial charge is 0.0322 e. The van der Waals surface area contributed by atoms with E-state index in [9.17, 15) is 0 Å². The monoisotopic (exact) mass is 285 g/mol. The lowest BCUT2D eigenvalue weighted by atomic mass is 9.79. The van der Waals surface area contributed by atoms with Crippen LogP contribution >= 0.6 is 0 Å². The van der Waals surface area contributed by atoms with E-state index in [0.717, 1.165) is 18.4 Å². The van der Waals surface area contributed by atoms with Crippen molar-refractivity contribution in [2.24, 2.45) is 5.92 Å². The van der Waals surface area contributed by atoms with Crippen molar-refractivity contribution in [2.75, 3.05) is 6.54 Å². The molecule has 116 valence electrons. The Labute approximate surface area is 130 Å². The van der Waals surface area contributed by atoms with Crippen LogP contribution in [0, 0.1) is 5.92 Å². The van der Waals surface area contributed by atoms with Gasteiger partial charge in [0.15, 0.2) is 0 Å². The Hall–Kier alpha value is -0.820. The van der Waals surface area contributed by atoms with Crippen molar-refractivity contribution in [1.29, 1.82) is 0 Å². The van der Waals surface area contributed by atoms with Crippen LogP contribution in [0.5, 0.6) is 0 Å². The highest BCUT2D eigenvalue weighted by Gasteiger charge is 2.23. The molecule has 0 heterocycles. The molecule has 1 unspecified atom stereocenters. The zero-order chi connectivity index (χ0) is 14.5. The van der Waals surface area contributed by atoms with E-state index in [1.165, 1.54) is 63.4 Å². The van der Waals surface area contributed by atoms with Crippen LogP contribution in [0.25, 0.3) is 0 Å². The molecule has 1 nitrogen and oxygen atoms in total. The van der Waals surface area contributed by atoms with Gasteiger partial charge in [0.25, 0.3) is 0 Å². The summed E-state index contributed by atoms with van der Waals surface area (Å²) in [4.78, 5) is 0. The van der Waals surface area contributed by atoms with E-state index >= 15 is 0 Å². The maximum Gasteiger partial charge on any atom is 0.0322 e. The molecule has 0 aromatic heterocycles. The quantitative estimate of drug-likeness (QED) is 0.720. The zero-order valence-corrected chi connectivity index (χ0v) is 13.6. The SMILES string of the molecule is CCNC(CC1CCC1)c1ccc(C2CCCCC2)cc1. The first-order valence-corrected chi connectivity index (χ1v) is 9.20. The minimum absolute atomic E-state index is 0.570. The molecule has 0 radical (unpaired) electrons. The molecule has 2 aliphatic rings. The van der Waals surface area contributed by atoms with Crippen LogP contribution in [0.2, 0.25) is 0 Å². The van der Waals surface area contributed by atoms with Crippen molar-refractivity contribution >= 4 is 0 Å². The van der Waals surface area contributed by atoms with E-state index in [1.807, 2.05) is 0 Å². The maximum absolute atomic E-state index is 3.70. The van der Waals surface area contributed by atoms with Gasteiger partial charge in [0.2, 0.25) is 0 Å². The molecule has 0 aliphatic heterocycles. The largest absolute Gasteiger partial charge is 0.310 e. The van der Waals surface area contributed by atoms with E-state index < -0.39 is 0 Å². The Morgan fingerprint density at radius 3 is 2.24 bits per heavy atom. The predicted octanol–water partition coefficient (Wildman–Crippen LogP) is 5.58. The van der Waals surface area contributed by atoms with Gasteiger partial charge in [-0.3, -0.25) is 0 Å². The van der Waals surface area contributed by atoms with Gasteiger partial charge >= 0.3 is 0 Å². The second kappa shape index (κ2) is 7.45. The number of nitrogens with one attached hydrogen (secondary N) is 1. The molecule has 2 saturated carbocycles. The first-order chi connectivity index (χ1) is 10.4. The van der Waals surface area contributed by atoms with Gasteiger partial charge in [-0.2, -0.15) is 0 Å². The molecular formula is C20H31N. The molecule has 1 aromatic rings. The second-order valence-electron chi connectivity index (χ2n) is 7.14. The fourth-order valence-electron chi connectivity index (χ4n) is 4.08. The van der Waals surface area contributed by atoms with E-state index in [1.54, 1.807) is 5.56 Å². The minimum Gasteiger partial charge on any atom is -0.310 e. The fourth-order valence-corrected chi connectivity index (χ4v) is 4.08. The van der Waals surface area contributed by atoms with Gasteiger partial charge in [-0.15, -0.1) is 0 Å². The summed E-state index contributed by atoms with van der Waals surface area (Å²) < 4.78 is 0. The lowest BCUT2D eigenvalue weighted by molar-refractivity contribution is 0.262. The molecule has 1 N–H and O–H groups in total. The molecular weight excluding hydrogens is 254 g/mol. The Kier molecular flexibility index (Phi) is 5.35. The maximum atomic E-state index is 3.70. The average Bonchev–Trinajstić information content (AvgIpc) is 2.51. The number of hydrogen-bond donors (Lipinski definition) is 1. The summed E-state index contributed by atoms with van der Waals surface area (Å²) in [6.07, 6.45) is 12.8. The summed E-state index contributed by atoms with van der Waals surface area (Å²) >= 11 is 0. The first kappa shape index (κ1) is 15.1. The Morgan fingerprint density at radius 2 is 1.67 bits per heavy atom. The van der Waals surface area contributed by atoms with Gasteiger partial charge in [0, 0.05) is 6.04 Å². The van der Waals surface area contributed by atoms with Gasteiger partial charge < -0.3 is 5.32 Å². The number of rotatable bonds is 6. The molecule has 0 bridgehead atoms. The summed E-state index contributed by atoms with van der Waals surface area (Å²) in [5.74, 6) is 1.80. The molecule has 1 atom stereocenters. The van der Waals surface area contributed by atoms with Crippen molar-refractivity contribution in [3.05, 3.63) is 35.4 Å². The van der Waals surface area contributed by atoms with Crippen LogP contribution in [-0.4, -0.2) is 6.54 Å². The lowest BCUT2D eigenvalue weighted by Crippen LogP contribution is -2.25. The van der Waals surface area contributed by atoms with Gasteiger partial charge in [-0.05, 0) is 48.8 Å². The summed E-state index contributed by atoms with van der Waals surface area (Å²) in [7, 11) is 0. The zero-order valence-electron chi connectivity index (χ0n) is 13.6. The average molecular weight is 285 g/mol.